The molecule has 0 bridgehead atoms. The van der Waals surface area contributed by atoms with E-state index in [0.29, 0.717) is 5.78 Å². The molecule has 0 N–H and O–H groups in total. The predicted molar refractivity (Wildman–Crippen MR) is 27.3 cm³/mol. The maximum atomic E-state index is 3.90. The van der Waals surface area contributed by atoms with E-state index in [-0.39, 0.29) is 32.7 Å². The van der Waals surface area contributed by atoms with Crippen molar-refractivity contribution >= 4 is 5.78 Å². The first kappa shape index (κ1) is 6.97. The minimum atomic E-state index is 0. The van der Waals surface area contributed by atoms with Crippen LogP contribution in [0.15, 0.2) is 18.6 Å². The van der Waals surface area contributed by atoms with Crippen LogP contribution in [0.5, 0.6) is 0 Å². The second-order valence-corrected chi connectivity index (χ2v) is 1.50. The van der Waals surface area contributed by atoms with Crippen molar-refractivity contribution < 1.29 is 32.7 Å². The number of hydrogen-bond donors (Lipinski definition) is 0. The summed E-state index contributed by atoms with van der Waals surface area (Å²) in [5, 5.41) is 0. The van der Waals surface area contributed by atoms with Gasteiger partial charge in [0.25, 0.3) is 0 Å². The fourth-order valence-corrected chi connectivity index (χ4v) is 0.641. The molecule has 2 heterocycles. The molecule has 2 aromatic heterocycles. The SMILES string of the molecule is [Y].[c]1cn2cc[n-]c2n1. The molecule has 42 valence electrons. The summed E-state index contributed by atoms with van der Waals surface area (Å²) in [6, 6.07) is 0. The van der Waals surface area contributed by atoms with Gasteiger partial charge in [0, 0.05) is 44.7 Å². The van der Waals surface area contributed by atoms with E-state index in [4.69, 9.17) is 0 Å². The summed E-state index contributed by atoms with van der Waals surface area (Å²) < 4.78 is 1.81. The first-order valence-corrected chi connectivity index (χ1v) is 2.29. The Morgan fingerprint density at radius 2 is 2.56 bits per heavy atom. The van der Waals surface area contributed by atoms with Gasteiger partial charge in [-0.2, -0.15) is 0 Å². The van der Waals surface area contributed by atoms with Crippen molar-refractivity contribution in [2.24, 2.45) is 0 Å². The van der Waals surface area contributed by atoms with Crippen LogP contribution in [-0.4, -0.2) is 9.38 Å². The summed E-state index contributed by atoms with van der Waals surface area (Å²) in [5.74, 6) is 0.713. The zero-order valence-corrected chi connectivity index (χ0v) is 7.49. The fourth-order valence-electron chi connectivity index (χ4n) is 0.641. The average molecular weight is 194 g/mol. The van der Waals surface area contributed by atoms with Crippen molar-refractivity contribution in [2.75, 3.05) is 0 Å². The third kappa shape index (κ3) is 1.07. The zero-order chi connectivity index (χ0) is 5.40. The van der Waals surface area contributed by atoms with Gasteiger partial charge in [0.15, 0.2) is 0 Å². The topological polar surface area (TPSA) is 31.4 Å². The van der Waals surface area contributed by atoms with Crippen molar-refractivity contribution in [3.05, 3.63) is 24.8 Å². The van der Waals surface area contributed by atoms with Crippen LogP contribution in [0, 0.1) is 6.20 Å². The Bertz CT molecular complexity index is 234. The number of nitrogens with zero attached hydrogens (tertiary/aromatic N) is 3. The summed E-state index contributed by atoms with van der Waals surface area (Å²) in [5.41, 5.74) is 0. The third-order valence-electron chi connectivity index (χ3n) is 1.01. The molecule has 0 aliphatic rings. The third-order valence-corrected chi connectivity index (χ3v) is 1.01. The van der Waals surface area contributed by atoms with Crippen LogP contribution in [-0.2, 0) is 32.7 Å². The van der Waals surface area contributed by atoms with E-state index in [2.05, 4.69) is 16.2 Å². The second kappa shape index (κ2) is 2.63. The molecule has 0 spiro atoms. The molecular formula is C5H3N3Y-. The summed E-state index contributed by atoms with van der Waals surface area (Å²) >= 11 is 0. The molecule has 9 heavy (non-hydrogen) atoms. The van der Waals surface area contributed by atoms with Crippen LogP contribution in [0.1, 0.15) is 0 Å². The van der Waals surface area contributed by atoms with E-state index in [1.54, 1.807) is 16.8 Å². The number of imidazole rings is 2. The zero-order valence-electron chi connectivity index (χ0n) is 4.65. The largest absolute Gasteiger partial charge is 0.381 e. The molecule has 0 saturated carbocycles. The first-order valence-electron chi connectivity index (χ1n) is 2.29. The van der Waals surface area contributed by atoms with E-state index < -0.39 is 0 Å². The van der Waals surface area contributed by atoms with E-state index >= 15 is 0 Å². The summed E-state index contributed by atoms with van der Waals surface area (Å²) in [6.45, 7) is 0. The maximum Gasteiger partial charge on any atom is 0.0256 e. The van der Waals surface area contributed by atoms with Crippen molar-refractivity contribution in [3.63, 3.8) is 0 Å². The first-order chi connectivity index (χ1) is 3.97. The molecule has 3 nitrogen and oxygen atoms in total. The minimum Gasteiger partial charge on any atom is -0.381 e. The molecule has 0 aliphatic heterocycles. The molecule has 0 unspecified atom stereocenters. The normalized spacial score (nSPS) is 9.33. The van der Waals surface area contributed by atoms with Gasteiger partial charge in [0.1, 0.15) is 0 Å². The summed E-state index contributed by atoms with van der Waals surface area (Å²) in [6.07, 6.45) is 7.94. The van der Waals surface area contributed by atoms with Gasteiger partial charge >= 0.3 is 0 Å². The van der Waals surface area contributed by atoms with E-state index in [1.807, 2.05) is 6.20 Å². The molecule has 0 aliphatic carbocycles. The number of fused-ring (bicyclic) bond motifs is 1. The van der Waals surface area contributed by atoms with Crippen molar-refractivity contribution in [3.8, 4) is 0 Å². The van der Waals surface area contributed by atoms with Gasteiger partial charge in [0.05, 0.1) is 0 Å². The molecule has 4 heteroatoms. The molecule has 0 aromatic carbocycles. The van der Waals surface area contributed by atoms with Gasteiger partial charge in [-0.1, -0.05) is 0 Å². The Kier molecular flexibility index (Phi) is 2.03. The average Bonchev–Trinajstić information content (AvgIpc) is 2.15. The molecule has 2 aromatic rings. The quantitative estimate of drug-likeness (QED) is 0.595. The van der Waals surface area contributed by atoms with Crippen LogP contribution in [0.25, 0.3) is 5.78 Å². The Hall–Kier alpha value is -0.146. The number of hydrogen-bond acceptors (Lipinski definition) is 1. The van der Waals surface area contributed by atoms with Crippen LogP contribution < -0.4 is 4.98 Å². The van der Waals surface area contributed by atoms with Crippen molar-refractivity contribution in [2.45, 2.75) is 0 Å². The number of rotatable bonds is 0. The Morgan fingerprint density at radius 3 is 3.33 bits per heavy atom. The smallest absolute Gasteiger partial charge is 0.0256 e. The van der Waals surface area contributed by atoms with Gasteiger partial charge in [0.2, 0.25) is 0 Å². The van der Waals surface area contributed by atoms with E-state index in [9.17, 15) is 0 Å². The standard InChI is InChI=1S/C5H3N3.Y/c1-3-8-4-2-7-5(8)6-1;/h1,3-4H;/q-1;. The Balaban J connectivity index is 0.000000405. The summed E-state index contributed by atoms with van der Waals surface area (Å²) in [7, 11) is 0. The molecule has 0 amide bonds. The van der Waals surface area contributed by atoms with Crippen LogP contribution in [0.3, 0.4) is 0 Å². The molecule has 0 atom stereocenters. The fraction of sp³-hybridized carbons (Fsp3) is 0. The van der Waals surface area contributed by atoms with Crippen molar-refractivity contribution in [1.29, 1.82) is 0 Å². The molecule has 2 rings (SSSR count). The summed E-state index contributed by atoms with van der Waals surface area (Å²) in [4.78, 5) is 7.70. The Labute approximate surface area is 77.4 Å². The second-order valence-electron chi connectivity index (χ2n) is 1.50. The van der Waals surface area contributed by atoms with Crippen LogP contribution in [0.4, 0.5) is 0 Å². The Morgan fingerprint density at radius 1 is 1.67 bits per heavy atom. The molecular weight excluding hydrogens is 191 g/mol. The van der Waals surface area contributed by atoms with E-state index in [0.717, 1.165) is 0 Å². The van der Waals surface area contributed by atoms with Crippen molar-refractivity contribution in [1.82, 2.24) is 14.4 Å². The molecule has 0 fully saturated rings. The van der Waals surface area contributed by atoms with Gasteiger partial charge in [-0.3, -0.25) is 0 Å². The van der Waals surface area contributed by atoms with Gasteiger partial charge in [-0.25, -0.2) is 0 Å². The van der Waals surface area contributed by atoms with Gasteiger partial charge in [-0.15, -0.1) is 0 Å². The predicted octanol–water partition coefficient (Wildman–Crippen LogP) is 0.0892. The monoisotopic (exact) mass is 194 g/mol. The number of aromatic nitrogens is 3. The van der Waals surface area contributed by atoms with E-state index in [1.165, 1.54) is 0 Å². The van der Waals surface area contributed by atoms with Gasteiger partial charge in [-0.05, 0) is 18.6 Å². The minimum absolute atomic E-state index is 0. The maximum absolute atomic E-state index is 3.90. The molecule has 2 radical (unpaired) electrons. The molecule has 0 saturated heterocycles. The van der Waals surface area contributed by atoms with Gasteiger partial charge < -0.3 is 14.4 Å². The van der Waals surface area contributed by atoms with Crippen LogP contribution in [0.2, 0.25) is 0 Å². The van der Waals surface area contributed by atoms with Crippen LogP contribution >= 0.6 is 0 Å².